The number of aromatic nitrogens is 2. The molecule has 0 saturated carbocycles. The second-order valence-corrected chi connectivity index (χ2v) is 5.43. The van der Waals surface area contributed by atoms with Crippen LogP contribution in [0.25, 0.3) is 0 Å². The van der Waals surface area contributed by atoms with E-state index in [1.54, 1.807) is 4.90 Å². The third-order valence-corrected chi connectivity index (χ3v) is 3.73. The Morgan fingerprint density at radius 2 is 1.89 bits per heavy atom. The van der Waals surface area contributed by atoms with Crippen LogP contribution < -0.4 is 15.8 Å². The number of non-ortho nitro benzene ring substituents is 1. The first-order chi connectivity index (χ1) is 13.0. The van der Waals surface area contributed by atoms with Gasteiger partial charge in [0, 0.05) is 19.2 Å². The first-order valence-electron chi connectivity index (χ1n) is 7.76. The molecule has 27 heavy (non-hydrogen) atoms. The third-order valence-electron chi connectivity index (χ3n) is 3.73. The molecule has 0 amide bonds. The maximum absolute atomic E-state index is 14.0. The molecule has 0 aliphatic carbocycles. The van der Waals surface area contributed by atoms with Crippen molar-refractivity contribution in [3.8, 4) is 0 Å². The number of morpholine rings is 1. The van der Waals surface area contributed by atoms with Crippen LogP contribution in [0, 0.1) is 26.0 Å². The lowest BCUT2D eigenvalue weighted by Gasteiger charge is -2.28. The van der Waals surface area contributed by atoms with E-state index in [0.717, 1.165) is 18.3 Å². The number of halogens is 1. The highest BCUT2D eigenvalue weighted by Crippen LogP contribution is 2.29. The summed E-state index contributed by atoms with van der Waals surface area (Å²) < 4.78 is 19.2. The molecular formula is C14H14FN7O5. The van der Waals surface area contributed by atoms with Gasteiger partial charge in [-0.3, -0.25) is 31.1 Å². The Kier molecular flexibility index (Phi) is 5.21. The van der Waals surface area contributed by atoms with Gasteiger partial charge in [0.25, 0.3) is 5.69 Å². The van der Waals surface area contributed by atoms with E-state index < -0.39 is 27.0 Å². The molecule has 2 aromatic rings. The van der Waals surface area contributed by atoms with Crippen molar-refractivity contribution < 1.29 is 19.0 Å². The van der Waals surface area contributed by atoms with Gasteiger partial charge in [-0.05, 0) is 6.07 Å². The van der Waals surface area contributed by atoms with Gasteiger partial charge >= 0.3 is 5.69 Å². The predicted molar refractivity (Wildman–Crippen MR) is 92.0 cm³/mol. The highest BCUT2D eigenvalue weighted by molar-refractivity contribution is 5.66. The van der Waals surface area contributed by atoms with Gasteiger partial charge in [-0.1, -0.05) is 0 Å². The van der Waals surface area contributed by atoms with E-state index >= 15 is 0 Å². The molecular weight excluding hydrogens is 365 g/mol. The number of hydrogen-bond acceptors (Lipinski definition) is 10. The quantitative estimate of drug-likeness (QED) is 0.561. The van der Waals surface area contributed by atoms with E-state index in [1.807, 2.05) is 0 Å². The highest BCUT2D eigenvalue weighted by Gasteiger charge is 2.21. The Morgan fingerprint density at radius 1 is 1.15 bits per heavy atom. The Labute approximate surface area is 151 Å². The number of nitrogens with zero attached hydrogens (tertiary/aromatic N) is 5. The van der Waals surface area contributed by atoms with Crippen LogP contribution in [-0.4, -0.2) is 46.1 Å². The molecule has 0 spiro atoms. The number of hydrazine groups is 1. The summed E-state index contributed by atoms with van der Waals surface area (Å²) in [6, 6.07) is 3.12. The van der Waals surface area contributed by atoms with Crippen molar-refractivity contribution in [1.82, 2.24) is 9.97 Å². The molecule has 0 bridgehead atoms. The van der Waals surface area contributed by atoms with Crippen molar-refractivity contribution in [1.29, 1.82) is 0 Å². The van der Waals surface area contributed by atoms with E-state index in [1.165, 1.54) is 6.07 Å². The van der Waals surface area contributed by atoms with Crippen LogP contribution in [0.4, 0.5) is 33.2 Å². The molecule has 1 aromatic heterocycles. The average molecular weight is 379 g/mol. The average Bonchev–Trinajstić information content (AvgIpc) is 2.67. The van der Waals surface area contributed by atoms with Gasteiger partial charge in [0.05, 0.1) is 35.3 Å². The summed E-state index contributed by atoms with van der Waals surface area (Å²) in [6.07, 6.45) is 0.978. The number of nitro groups is 2. The molecule has 142 valence electrons. The molecule has 1 saturated heterocycles. The molecule has 0 unspecified atom stereocenters. The fourth-order valence-corrected chi connectivity index (χ4v) is 2.43. The summed E-state index contributed by atoms with van der Waals surface area (Å²) >= 11 is 0. The van der Waals surface area contributed by atoms with E-state index in [0.29, 0.717) is 26.3 Å². The van der Waals surface area contributed by atoms with E-state index in [2.05, 4.69) is 20.8 Å². The SMILES string of the molecule is O=[N+]([O-])c1ccc(NNc2ncc(F)c(N3CCOCC3)n2)c([N+](=O)[O-])c1. The Bertz CT molecular complexity index is 875. The van der Waals surface area contributed by atoms with Gasteiger partial charge < -0.3 is 9.64 Å². The van der Waals surface area contributed by atoms with Crippen molar-refractivity contribution >= 4 is 28.8 Å². The van der Waals surface area contributed by atoms with Gasteiger partial charge in [0.2, 0.25) is 5.95 Å². The molecule has 2 N–H and O–H groups in total. The summed E-state index contributed by atoms with van der Waals surface area (Å²) in [7, 11) is 0. The maximum atomic E-state index is 14.0. The van der Waals surface area contributed by atoms with Crippen molar-refractivity contribution in [3.05, 3.63) is 50.4 Å². The minimum Gasteiger partial charge on any atom is -0.378 e. The number of anilines is 3. The number of ether oxygens (including phenoxy) is 1. The van der Waals surface area contributed by atoms with E-state index in [9.17, 15) is 24.6 Å². The van der Waals surface area contributed by atoms with Crippen LogP contribution in [0.3, 0.4) is 0 Å². The molecule has 0 atom stereocenters. The molecule has 12 nitrogen and oxygen atoms in total. The molecule has 13 heteroatoms. The van der Waals surface area contributed by atoms with Gasteiger partial charge in [-0.15, -0.1) is 0 Å². The van der Waals surface area contributed by atoms with E-state index in [-0.39, 0.29) is 17.5 Å². The molecule has 0 radical (unpaired) electrons. The topological polar surface area (TPSA) is 149 Å². The summed E-state index contributed by atoms with van der Waals surface area (Å²) in [6.45, 7) is 1.82. The van der Waals surface area contributed by atoms with Crippen LogP contribution in [0.1, 0.15) is 0 Å². The van der Waals surface area contributed by atoms with Crippen LogP contribution in [0.5, 0.6) is 0 Å². The monoisotopic (exact) mass is 379 g/mol. The van der Waals surface area contributed by atoms with Crippen LogP contribution >= 0.6 is 0 Å². The zero-order valence-corrected chi connectivity index (χ0v) is 13.8. The summed E-state index contributed by atoms with van der Waals surface area (Å²) in [5.74, 6) is -0.551. The normalized spacial score (nSPS) is 13.9. The van der Waals surface area contributed by atoms with Gasteiger partial charge in [-0.25, -0.2) is 9.37 Å². The Balaban J connectivity index is 1.78. The van der Waals surface area contributed by atoms with Crippen LogP contribution in [0.15, 0.2) is 24.4 Å². The number of benzene rings is 1. The molecule has 1 aliphatic heterocycles. The largest absolute Gasteiger partial charge is 0.378 e. The lowest BCUT2D eigenvalue weighted by atomic mass is 10.2. The molecule has 3 rings (SSSR count). The second kappa shape index (κ2) is 7.74. The highest BCUT2D eigenvalue weighted by atomic mass is 19.1. The van der Waals surface area contributed by atoms with Crippen molar-refractivity contribution in [2.75, 3.05) is 42.1 Å². The van der Waals surface area contributed by atoms with Crippen LogP contribution in [0.2, 0.25) is 0 Å². The fourth-order valence-electron chi connectivity index (χ4n) is 2.43. The first kappa shape index (κ1) is 18.2. The smallest absolute Gasteiger partial charge is 0.300 e. The van der Waals surface area contributed by atoms with E-state index in [4.69, 9.17) is 4.74 Å². The van der Waals surface area contributed by atoms with Crippen molar-refractivity contribution in [3.63, 3.8) is 0 Å². The fraction of sp³-hybridized carbons (Fsp3) is 0.286. The third kappa shape index (κ3) is 4.14. The lowest BCUT2D eigenvalue weighted by Crippen LogP contribution is -2.37. The number of nitrogens with one attached hydrogen (secondary N) is 2. The van der Waals surface area contributed by atoms with Crippen molar-refractivity contribution in [2.24, 2.45) is 0 Å². The zero-order chi connectivity index (χ0) is 19.4. The summed E-state index contributed by atoms with van der Waals surface area (Å²) in [5, 5.41) is 21.9. The summed E-state index contributed by atoms with van der Waals surface area (Å²) in [5.41, 5.74) is 4.10. The molecule has 1 fully saturated rings. The second-order valence-electron chi connectivity index (χ2n) is 5.43. The van der Waals surface area contributed by atoms with Gasteiger partial charge in [0.1, 0.15) is 5.69 Å². The minimum absolute atomic E-state index is 0.0226. The maximum Gasteiger partial charge on any atom is 0.300 e. The number of rotatable bonds is 6. The lowest BCUT2D eigenvalue weighted by molar-refractivity contribution is -0.393. The first-order valence-corrected chi connectivity index (χ1v) is 7.76. The minimum atomic E-state index is -0.762. The number of nitro benzene ring substituents is 2. The van der Waals surface area contributed by atoms with Crippen molar-refractivity contribution in [2.45, 2.75) is 0 Å². The predicted octanol–water partition coefficient (Wildman–Crippen LogP) is 1.71. The van der Waals surface area contributed by atoms with Crippen LogP contribution in [-0.2, 0) is 4.74 Å². The summed E-state index contributed by atoms with van der Waals surface area (Å²) in [4.78, 5) is 29.9. The Hall–Kier alpha value is -3.61. The zero-order valence-electron chi connectivity index (χ0n) is 13.8. The molecule has 1 aromatic carbocycles. The molecule has 1 aliphatic rings. The van der Waals surface area contributed by atoms with Gasteiger partial charge in [0.15, 0.2) is 11.6 Å². The molecule has 2 heterocycles. The standard InChI is InChI=1S/C14H14FN7O5/c15-10-8-16-14(17-13(10)20-3-5-27-6-4-20)19-18-11-2-1-9(21(23)24)7-12(11)22(25)26/h1-2,7-8,18H,3-6H2,(H,16,17,19). The van der Waals surface area contributed by atoms with Gasteiger partial charge in [-0.2, -0.15) is 4.98 Å². The number of hydrogen-bond donors (Lipinski definition) is 2. The Morgan fingerprint density at radius 3 is 2.56 bits per heavy atom.